The molecule has 0 saturated carbocycles. The Labute approximate surface area is 124 Å². The van der Waals surface area contributed by atoms with Gasteiger partial charge in [0.25, 0.3) is 0 Å². The summed E-state index contributed by atoms with van der Waals surface area (Å²) in [4.78, 5) is 0. The highest BCUT2D eigenvalue weighted by atomic mass is 127. The Kier molecular flexibility index (Phi) is 5.03. The largest absolute Gasteiger partial charge is 0.271 e. The molecule has 0 aliphatic carbocycles. The monoisotopic (exact) mass is 404 g/mol. The minimum absolute atomic E-state index is 0.994. The van der Waals surface area contributed by atoms with Gasteiger partial charge >= 0.3 is 0 Å². The van der Waals surface area contributed by atoms with Crippen molar-refractivity contribution < 1.29 is 0 Å². The lowest BCUT2D eigenvalue weighted by molar-refractivity contribution is 0.555. The average molecular weight is 405 g/mol. The van der Waals surface area contributed by atoms with Crippen LogP contribution in [0.3, 0.4) is 0 Å². The number of benzene rings is 1. The van der Waals surface area contributed by atoms with Crippen molar-refractivity contribution in [3.8, 4) is 0 Å². The summed E-state index contributed by atoms with van der Waals surface area (Å²) in [6.07, 6.45) is 5.57. The highest BCUT2D eigenvalue weighted by molar-refractivity contribution is 14.1. The lowest BCUT2D eigenvalue weighted by Crippen LogP contribution is -1.99. The van der Waals surface area contributed by atoms with E-state index in [1.807, 2.05) is 10.9 Å². The number of aryl methyl sites for hydroxylation is 2. The Morgan fingerprint density at radius 3 is 2.59 bits per heavy atom. The molecule has 0 bridgehead atoms. The summed E-state index contributed by atoms with van der Waals surface area (Å²) in [6.45, 7) is 0.994. The molecule has 0 atom stereocenters. The van der Waals surface area contributed by atoms with Crippen molar-refractivity contribution in [1.29, 1.82) is 0 Å². The van der Waals surface area contributed by atoms with Gasteiger partial charge in [-0.15, -0.1) is 0 Å². The van der Waals surface area contributed by atoms with Gasteiger partial charge in [-0.25, -0.2) is 0 Å². The van der Waals surface area contributed by atoms with Crippen molar-refractivity contribution in [2.75, 3.05) is 0 Å². The summed E-state index contributed by atoms with van der Waals surface area (Å²) in [5.74, 6) is 0. The van der Waals surface area contributed by atoms with Crippen LogP contribution in [-0.4, -0.2) is 9.78 Å². The van der Waals surface area contributed by atoms with E-state index in [0.717, 1.165) is 21.1 Å². The SMILES string of the molecule is Brc1cn(CCCCc2ccccc2)nc1I. The third kappa shape index (κ3) is 4.10. The van der Waals surface area contributed by atoms with Crippen molar-refractivity contribution in [1.82, 2.24) is 9.78 Å². The molecule has 1 aromatic heterocycles. The molecule has 2 rings (SSSR count). The van der Waals surface area contributed by atoms with Crippen molar-refractivity contribution in [3.63, 3.8) is 0 Å². The first-order valence-corrected chi connectivity index (χ1v) is 7.55. The van der Waals surface area contributed by atoms with Crippen LogP contribution in [0.2, 0.25) is 0 Å². The molecule has 17 heavy (non-hydrogen) atoms. The number of unbranched alkanes of at least 4 members (excludes halogenated alkanes) is 1. The molecule has 0 unspecified atom stereocenters. The van der Waals surface area contributed by atoms with Gasteiger partial charge in [0.15, 0.2) is 0 Å². The predicted octanol–water partition coefficient (Wildman–Crippen LogP) is 4.27. The van der Waals surface area contributed by atoms with Crippen LogP contribution in [0.1, 0.15) is 18.4 Å². The third-order valence-electron chi connectivity index (χ3n) is 2.62. The van der Waals surface area contributed by atoms with Crippen LogP contribution in [0.4, 0.5) is 0 Å². The van der Waals surface area contributed by atoms with Gasteiger partial charge < -0.3 is 0 Å². The summed E-state index contributed by atoms with van der Waals surface area (Å²) >= 11 is 5.71. The second kappa shape index (κ2) is 6.54. The molecule has 0 aliphatic heterocycles. The molecule has 1 heterocycles. The molecule has 0 saturated heterocycles. The van der Waals surface area contributed by atoms with E-state index in [1.54, 1.807) is 0 Å². The maximum Gasteiger partial charge on any atom is 0.137 e. The van der Waals surface area contributed by atoms with Crippen molar-refractivity contribution in [2.24, 2.45) is 0 Å². The molecule has 2 nitrogen and oxygen atoms in total. The normalized spacial score (nSPS) is 10.7. The molecule has 0 aliphatic rings. The topological polar surface area (TPSA) is 17.8 Å². The van der Waals surface area contributed by atoms with Gasteiger partial charge in [-0.3, -0.25) is 4.68 Å². The summed E-state index contributed by atoms with van der Waals surface area (Å²) in [5, 5.41) is 4.41. The molecule has 4 heteroatoms. The first kappa shape index (κ1) is 13.1. The fourth-order valence-corrected chi connectivity index (χ4v) is 2.47. The van der Waals surface area contributed by atoms with Gasteiger partial charge in [0.05, 0.1) is 4.47 Å². The van der Waals surface area contributed by atoms with Gasteiger partial charge in [-0.05, 0) is 63.3 Å². The molecule has 1 aromatic carbocycles. The molecular formula is C13H14BrIN2. The Bertz CT molecular complexity index is 448. The van der Waals surface area contributed by atoms with E-state index in [-0.39, 0.29) is 0 Å². The van der Waals surface area contributed by atoms with Crippen LogP contribution >= 0.6 is 38.5 Å². The lowest BCUT2D eigenvalue weighted by Gasteiger charge is -2.02. The smallest absolute Gasteiger partial charge is 0.137 e. The minimum Gasteiger partial charge on any atom is -0.271 e. The van der Waals surface area contributed by atoms with E-state index in [4.69, 9.17) is 0 Å². The van der Waals surface area contributed by atoms with Gasteiger partial charge in [0.2, 0.25) is 0 Å². The Balaban J connectivity index is 1.73. The van der Waals surface area contributed by atoms with Gasteiger partial charge in [0.1, 0.15) is 3.70 Å². The first-order valence-electron chi connectivity index (χ1n) is 5.68. The minimum atomic E-state index is 0.994. The van der Waals surface area contributed by atoms with Crippen molar-refractivity contribution in [2.45, 2.75) is 25.8 Å². The second-order valence-corrected chi connectivity index (χ2v) is 5.85. The number of halogens is 2. The van der Waals surface area contributed by atoms with E-state index in [0.29, 0.717) is 0 Å². The van der Waals surface area contributed by atoms with Gasteiger partial charge in [-0.1, -0.05) is 30.3 Å². The number of hydrogen-bond acceptors (Lipinski definition) is 1. The molecule has 0 N–H and O–H groups in total. The molecule has 0 radical (unpaired) electrons. The standard InChI is InChI=1S/C13H14BrIN2/c14-12-10-17(16-13(12)15)9-5-4-8-11-6-2-1-3-7-11/h1-3,6-7,10H,4-5,8-9H2. The molecule has 0 fully saturated rings. The van der Waals surface area contributed by atoms with Crippen LogP contribution in [0.25, 0.3) is 0 Å². The number of nitrogens with zero attached hydrogens (tertiary/aromatic N) is 2. The average Bonchev–Trinajstić information content (AvgIpc) is 2.66. The van der Waals surface area contributed by atoms with E-state index in [1.165, 1.54) is 18.4 Å². The van der Waals surface area contributed by atoms with Crippen LogP contribution in [-0.2, 0) is 13.0 Å². The zero-order valence-electron chi connectivity index (χ0n) is 9.44. The van der Waals surface area contributed by atoms with E-state index in [9.17, 15) is 0 Å². The van der Waals surface area contributed by atoms with Crippen molar-refractivity contribution in [3.05, 3.63) is 50.3 Å². The van der Waals surface area contributed by atoms with E-state index >= 15 is 0 Å². The number of rotatable bonds is 5. The van der Waals surface area contributed by atoms with Crippen LogP contribution in [0.15, 0.2) is 41.0 Å². The van der Waals surface area contributed by atoms with E-state index < -0.39 is 0 Å². The fraction of sp³-hybridized carbons (Fsp3) is 0.308. The van der Waals surface area contributed by atoms with Gasteiger partial charge in [-0.2, -0.15) is 5.10 Å². The van der Waals surface area contributed by atoms with Gasteiger partial charge in [0, 0.05) is 12.7 Å². The number of hydrogen-bond donors (Lipinski definition) is 0. The third-order valence-corrected chi connectivity index (χ3v) is 4.74. The fourth-order valence-electron chi connectivity index (χ4n) is 1.74. The molecule has 0 spiro atoms. The lowest BCUT2D eigenvalue weighted by atomic mass is 10.1. The number of aromatic nitrogens is 2. The Hall–Kier alpha value is -0.360. The molecular weight excluding hydrogens is 391 g/mol. The Morgan fingerprint density at radius 2 is 1.94 bits per heavy atom. The van der Waals surface area contributed by atoms with Crippen LogP contribution < -0.4 is 0 Å². The Morgan fingerprint density at radius 1 is 1.18 bits per heavy atom. The quantitative estimate of drug-likeness (QED) is 0.537. The second-order valence-electron chi connectivity index (χ2n) is 3.97. The van der Waals surface area contributed by atoms with E-state index in [2.05, 4.69) is 74.0 Å². The van der Waals surface area contributed by atoms with Crippen LogP contribution in [0.5, 0.6) is 0 Å². The zero-order valence-corrected chi connectivity index (χ0v) is 13.2. The molecule has 90 valence electrons. The highest BCUT2D eigenvalue weighted by Gasteiger charge is 2.02. The maximum atomic E-state index is 4.41. The summed E-state index contributed by atoms with van der Waals surface area (Å²) < 4.78 is 4.13. The maximum absolute atomic E-state index is 4.41. The summed E-state index contributed by atoms with van der Waals surface area (Å²) in [6, 6.07) is 10.6. The molecule has 2 aromatic rings. The highest BCUT2D eigenvalue weighted by Crippen LogP contribution is 2.17. The van der Waals surface area contributed by atoms with Crippen LogP contribution in [0, 0.1) is 3.70 Å². The van der Waals surface area contributed by atoms with Crippen molar-refractivity contribution >= 4 is 38.5 Å². The summed E-state index contributed by atoms with van der Waals surface area (Å²) in [5.41, 5.74) is 1.42. The zero-order chi connectivity index (χ0) is 12.1. The first-order chi connectivity index (χ1) is 8.25. The predicted molar refractivity (Wildman–Crippen MR) is 82.0 cm³/mol. The molecule has 0 amide bonds. The summed E-state index contributed by atoms with van der Waals surface area (Å²) in [7, 11) is 0.